The molecule has 84 valence electrons. The molecule has 6 nitrogen and oxygen atoms in total. The van der Waals surface area contributed by atoms with Crippen LogP contribution in [-0.2, 0) is 7.05 Å². The first-order valence-corrected chi connectivity index (χ1v) is 5.52. The van der Waals surface area contributed by atoms with Crippen LogP contribution in [0.3, 0.4) is 0 Å². The number of hydrogen-bond acceptors (Lipinski definition) is 6. The minimum Gasteiger partial charge on any atom is -0.389 e. The van der Waals surface area contributed by atoms with Crippen LogP contribution in [0.2, 0.25) is 0 Å². The minimum atomic E-state index is -0.497. The molecule has 0 aromatic carbocycles. The van der Waals surface area contributed by atoms with Crippen molar-refractivity contribution in [3.8, 4) is 0 Å². The number of aliphatic hydroxyl groups is 1. The van der Waals surface area contributed by atoms with Crippen molar-refractivity contribution in [2.24, 2.45) is 7.05 Å². The van der Waals surface area contributed by atoms with Gasteiger partial charge in [-0.3, -0.25) is 0 Å². The van der Waals surface area contributed by atoms with Gasteiger partial charge in [-0.2, -0.15) is 0 Å². The van der Waals surface area contributed by atoms with E-state index in [-0.39, 0.29) is 0 Å². The molecule has 0 saturated heterocycles. The molecule has 16 heavy (non-hydrogen) atoms. The third-order valence-electron chi connectivity index (χ3n) is 2.02. The molecule has 1 unspecified atom stereocenters. The molecule has 1 N–H and O–H groups in total. The second kappa shape index (κ2) is 4.58. The SMILES string of the molecule is CC(O)c1ccc(Sc2nnnn2C)nc1. The van der Waals surface area contributed by atoms with Gasteiger partial charge in [0.05, 0.1) is 6.10 Å². The van der Waals surface area contributed by atoms with Gasteiger partial charge in [-0.15, -0.1) is 5.10 Å². The highest BCUT2D eigenvalue weighted by molar-refractivity contribution is 7.99. The molecular formula is C9H11N5OS. The van der Waals surface area contributed by atoms with Crippen molar-refractivity contribution < 1.29 is 5.11 Å². The quantitative estimate of drug-likeness (QED) is 0.851. The first kappa shape index (κ1) is 11.0. The Bertz CT molecular complexity index is 467. The summed E-state index contributed by atoms with van der Waals surface area (Å²) in [5.74, 6) is 0. The summed E-state index contributed by atoms with van der Waals surface area (Å²) in [6.45, 7) is 1.70. The predicted molar refractivity (Wildman–Crippen MR) is 57.8 cm³/mol. The molecular weight excluding hydrogens is 226 g/mol. The summed E-state index contributed by atoms with van der Waals surface area (Å²) in [7, 11) is 1.77. The van der Waals surface area contributed by atoms with Gasteiger partial charge >= 0.3 is 0 Å². The zero-order valence-electron chi connectivity index (χ0n) is 8.90. The van der Waals surface area contributed by atoms with E-state index >= 15 is 0 Å². The normalized spacial score (nSPS) is 12.7. The van der Waals surface area contributed by atoms with E-state index in [9.17, 15) is 5.11 Å². The second-order valence-corrected chi connectivity index (χ2v) is 4.28. The number of rotatable bonds is 3. The van der Waals surface area contributed by atoms with Crippen molar-refractivity contribution >= 4 is 11.8 Å². The van der Waals surface area contributed by atoms with Crippen LogP contribution in [0.1, 0.15) is 18.6 Å². The Morgan fingerprint density at radius 1 is 1.44 bits per heavy atom. The lowest BCUT2D eigenvalue weighted by Crippen LogP contribution is -1.95. The van der Waals surface area contributed by atoms with E-state index in [1.54, 1.807) is 24.9 Å². The van der Waals surface area contributed by atoms with Gasteiger partial charge < -0.3 is 5.11 Å². The average Bonchev–Trinajstić information content (AvgIpc) is 2.65. The van der Waals surface area contributed by atoms with Crippen LogP contribution >= 0.6 is 11.8 Å². The van der Waals surface area contributed by atoms with Crippen molar-refractivity contribution in [3.63, 3.8) is 0 Å². The zero-order chi connectivity index (χ0) is 11.5. The lowest BCUT2D eigenvalue weighted by molar-refractivity contribution is 0.198. The molecule has 2 aromatic rings. The third kappa shape index (κ3) is 2.37. The first-order chi connectivity index (χ1) is 7.66. The molecule has 0 aliphatic carbocycles. The number of hydrogen-bond donors (Lipinski definition) is 1. The molecule has 0 aliphatic heterocycles. The van der Waals surface area contributed by atoms with Gasteiger partial charge in [0.25, 0.3) is 0 Å². The van der Waals surface area contributed by atoms with Gasteiger partial charge in [0.2, 0.25) is 5.16 Å². The van der Waals surface area contributed by atoms with Crippen molar-refractivity contribution in [3.05, 3.63) is 23.9 Å². The predicted octanol–water partition coefficient (Wildman–Crippen LogP) is 0.810. The maximum Gasteiger partial charge on any atom is 0.215 e. The Balaban J connectivity index is 2.14. The Kier molecular flexibility index (Phi) is 3.16. The number of aryl methyl sites for hydroxylation is 1. The number of aliphatic hydroxyl groups excluding tert-OH is 1. The summed E-state index contributed by atoms with van der Waals surface area (Å²) in [5, 5.41) is 21.9. The molecule has 0 bridgehead atoms. The highest BCUT2D eigenvalue weighted by atomic mass is 32.2. The molecule has 0 spiro atoms. The number of tetrazole rings is 1. The van der Waals surface area contributed by atoms with Gasteiger partial charge in [-0.25, -0.2) is 9.67 Å². The van der Waals surface area contributed by atoms with Crippen LogP contribution in [-0.4, -0.2) is 30.3 Å². The highest BCUT2D eigenvalue weighted by Crippen LogP contribution is 2.23. The zero-order valence-corrected chi connectivity index (χ0v) is 9.72. The fourth-order valence-electron chi connectivity index (χ4n) is 1.10. The fraction of sp³-hybridized carbons (Fsp3) is 0.333. The minimum absolute atomic E-state index is 0.497. The molecule has 2 aromatic heterocycles. The smallest absolute Gasteiger partial charge is 0.215 e. The molecule has 0 saturated carbocycles. The highest BCUT2D eigenvalue weighted by Gasteiger charge is 2.06. The van der Waals surface area contributed by atoms with Crippen molar-refractivity contribution in [1.82, 2.24) is 25.2 Å². The van der Waals surface area contributed by atoms with Gasteiger partial charge in [-0.05, 0) is 40.7 Å². The Morgan fingerprint density at radius 2 is 2.25 bits per heavy atom. The van der Waals surface area contributed by atoms with E-state index in [1.165, 1.54) is 11.8 Å². The standard InChI is InChI=1S/C9H11N5OS/c1-6(15)7-3-4-8(10-5-7)16-9-11-12-13-14(9)2/h3-6,15H,1-2H3. The molecule has 2 heterocycles. The van der Waals surface area contributed by atoms with Gasteiger partial charge in [0.1, 0.15) is 5.03 Å². The monoisotopic (exact) mass is 237 g/mol. The van der Waals surface area contributed by atoms with Crippen LogP contribution < -0.4 is 0 Å². The molecule has 0 aliphatic rings. The number of nitrogens with zero attached hydrogens (tertiary/aromatic N) is 5. The Hall–Kier alpha value is -1.47. The summed E-state index contributed by atoms with van der Waals surface area (Å²) in [6, 6.07) is 3.67. The molecule has 7 heteroatoms. The van der Waals surface area contributed by atoms with Gasteiger partial charge in [0, 0.05) is 13.2 Å². The van der Waals surface area contributed by atoms with Crippen LogP contribution in [0.25, 0.3) is 0 Å². The molecule has 0 radical (unpaired) electrons. The van der Waals surface area contributed by atoms with E-state index in [0.29, 0.717) is 5.16 Å². The summed E-state index contributed by atoms with van der Waals surface area (Å²) in [4.78, 5) is 4.21. The molecule has 2 rings (SSSR count). The Morgan fingerprint density at radius 3 is 2.75 bits per heavy atom. The van der Waals surface area contributed by atoms with Crippen molar-refractivity contribution in [2.45, 2.75) is 23.2 Å². The summed E-state index contributed by atoms with van der Waals surface area (Å²) in [6.07, 6.45) is 1.15. The molecule has 1 atom stereocenters. The van der Waals surface area contributed by atoms with E-state index in [4.69, 9.17) is 0 Å². The van der Waals surface area contributed by atoms with E-state index in [2.05, 4.69) is 20.5 Å². The lowest BCUT2D eigenvalue weighted by Gasteiger charge is -2.04. The van der Waals surface area contributed by atoms with Crippen LogP contribution in [0.15, 0.2) is 28.5 Å². The van der Waals surface area contributed by atoms with E-state index in [0.717, 1.165) is 10.6 Å². The van der Waals surface area contributed by atoms with Gasteiger partial charge in [0.15, 0.2) is 0 Å². The Labute approximate surface area is 96.7 Å². The summed E-state index contributed by atoms with van der Waals surface area (Å²) >= 11 is 1.38. The van der Waals surface area contributed by atoms with E-state index in [1.807, 2.05) is 12.1 Å². The van der Waals surface area contributed by atoms with Gasteiger partial charge in [-0.1, -0.05) is 6.07 Å². The van der Waals surface area contributed by atoms with Crippen LogP contribution in [0, 0.1) is 0 Å². The van der Waals surface area contributed by atoms with E-state index < -0.39 is 6.10 Å². The fourth-order valence-corrected chi connectivity index (χ4v) is 1.77. The third-order valence-corrected chi connectivity index (χ3v) is 3.00. The second-order valence-electron chi connectivity index (χ2n) is 3.29. The van der Waals surface area contributed by atoms with Crippen molar-refractivity contribution in [1.29, 1.82) is 0 Å². The maximum absolute atomic E-state index is 9.33. The average molecular weight is 237 g/mol. The maximum atomic E-state index is 9.33. The molecule has 0 amide bonds. The summed E-state index contributed by atoms with van der Waals surface area (Å²) in [5.41, 5.74) is 0.792. The largest absolute Gasteiger partial charge is 0.389 e. The van der Waals surface area contributed by atoms with Crippen LogP contribution in [0.4, 0.5) is 0 Å². The summed E-state index contributed by atoms with van der Waals surface area (Å²) < 4.78 is 1.58. The topological polar surface area (TPSA) is 76.7 Å². The first-order valence-electron chi connectivity index (χ1n) is 4.71. The number of pyridine rings is 1. The molecule has 0 fully saturated rings. The number of aromatic nitrogens is 5. The van der Waals surface area contributed by atoms with Crippen molar-refractivity contribution in [2.75, 3.05) is 0 Å². The van der Waals surface area contributed by atoms with Crippen LogP contribution in [0.5, 0.6) is 0 Å². The lowest BCUT2D eigenvalue weighted by atomic mass is 10.2.